The SMILES string of the molecule is C[C@@H]1CN2C[C@H]3CC[C@]4(O)CCC5=C4[C@]4(CC5=O)[C@@]3(C)CC[C@H]1[C@]24O. The van der Waals surface area contributed by atoms with Crippen molar-refractivity contribution in [3.8, 4) is 0 Å². The Kier molecular flexibility index (Phi) is 2.50. The lowest BCUT2D eigenvalue weighted by Gasteiger charge is -2.69. The van der Waals surface area contributed by atoms with Gasteiger partial charge in [-0.1, -0.05) is 13.8 Å². The average molecular weight is 343 g/mol. The van der Waals surface area contributed by atoms with Crippen LogP contribution >= 0.6 is 0 Å². The second kappa shape index (κ2) is 4.07. The highest BCUT2D eigenvalue weighted by Gasteiger charge is 2.81. The molecule has 4 fully saturated rings. The minimum absolute atomic E-state index is 0.0691. The van der Waals surface area contributed by atoms with E-state index in [0.29, 0.717) is 31.1 Å². The summed E-state index contributed by atoms with van der Waals surface area (Å²) in [5, 5.41) is 24.0. The Morgan fingerprint density at radius 3 is 2.72 bits per heavy atom. The van der Waals surface area contributed by atoms with Gasteiger partial charge in [-0.25, -0.2) is 0 Å². The zero-order valence-corrected chi connectivity index (χ0v) is 15.3. The van der Waals surface area contributed by atoms with Crippen LogP contribution in [-0.2, 0) is 4.79 Å². The molecule has 2 saturated carbocycles. The van der Waals surface area contributed by atoms with Crippen LogP contribution in [0.2, 0.25) is 0 Å². The van der Waals surface area contributed by atoms with Crippen LogP contribution < -0.4 is 0 Å². The molecule has 0 amide bonds. The maximum atomic E-state index is 13.1. The Bertz CT molecular complexity index is 745. The molecule has 4 heteroatoms. The summed E-state index contributed by atoms with van der Waals surface area (Å²) in [5.74, 6) is 1.37. The third kappa shape index (κ3) is 1.29. The van der Waals surface area contributed by atoms with Gasteiger partial charge in [0.15, 0.2) is 5.78 Å². The summed E-state index contributed by atoms with van der Waals surface area (Å²) in [6, 6.07) is 0. The molecule has 2 N–H and O–H groups in total. The molecule has 4 nitrogen and oxygen atoms in total. The van der Waals surface area contributed by atoms with E-state index < -0.39 is 16.7 Å². The molecule has 2 aliphatic heterocycles. The van der Waals surface area contributed by atoms with E-state index in [-0.39, 0.29) is 17.1 Å². The fourth-order valence-electron chi connectivity index (χ4n) is 8.75. The Morgan fingerprint density at radius 1 is 1.12 bits per heavy atom. The summed E-state index contributed by atoms with van der Waals surface area (Å²) >= 11 is 0. The van der Waals surface area contributed by atoms with Gasteiger partial charge in [-0.15, -0.1) is 0 Å². The first-order chi connectivity index (χ1) is 11.8. The lowest BCUT2D eigenvalue weighted by Crippen LogP contribution is -2.75. The van der Waals surface area contributed by atoms with Crippen LogP contribution in [0.1, 0.15) is 58.8 Å². The van der Waals surface area contributed by atoms with E-state index >= 15 is 0 Å². The van der Waals surface area contributed by atoms with Crippen molar-refractivity contribution in [3.05, 3.63) is 11.1 Å². The fourth-order valence-corrected chi connectivity index (χ4v) is 8.75. The molecule has 4 aliphatic carbocycles. The maximum Gasteiger partial charge on any atom is 0.160 e. The first-order valence-corrected chi connectivity index (χ1v) is 10.2. The first-order valence-electron chi connectivity index (χ1n) is 10.2. The van der Waals surface area contributed by atoms with E-state index in [1.54, 1.807) is 0 Å². The minimum atomic E-state index is -0.939. The molecule has 0 unspecified atom stereocenters. The number of nitrogens with zero attached hydrogens (tertiary/aromatic N) is 1. The number of carbonyl (C=O) groups is 1. The molecule has 7 atom stereocenters. The highest BCUT2D eigenvalue weighted by Crippen LogP contribution is 2.78. The number of aliphatic hydroxyl groups is 2. The van der Waals surface area contributed by atoms with Gasteiger partial charge in [0.05, 0.1) is 11.0 Å². The molecule has 4 bridgehead atoms. The Morgan fingerprint density at radius 2 is 1.92 bits per heavy atom. The average Bonchev–Trinajstić information content (AvgIpc) is 3.13. The molecule has 1 spiro atoms. The molecule has 136 valence electrons. The number of piperidine rings is 1. The lowest BCUT2D eigenvalue weighted by atomic mass is 9.42. The smallest absolute Gasteiger partial charge is 0.160 e. The summed E-state index contributed by atoms with van der Waals surface area (Å²) in [6.45, 7) is 6.48. The molecule has 2 heterocycles. The number of rotatable bonds is 0. The normalized spacial score (nSPS) is 59.4. The van der Waals surface area contributed by atoms with Crippen LogP contribution in [0.3, 0.4) is 0 Å². The van der Waals surface area contributed by atoms with Gasteiger partial charge < -0.3 is 10.2 Å². The summed E-state index contributed by atoms with van der Waals surface area (Å²) < 4.78 is 0. The van der Waals surface area contributed by atoms with Gasteiger partial charge in [0.25, 0.3) is 0 Å². The first kappa shape index (κ1) is 15.4. The number of carbonyl (C=O) groups excluding carboxylic acids is 1. The van der Waals surface area contributed by atoms with E-state index in [2.05, 4.69) is 18.7 Å². The highest BCUT2D eigenvalue weighted by atomic mass is 16.3. The van der Waals surface area contributed by atoms with Crippen LogP contribution in [0, 0.1) is 28.6 Å². The van der Waals surface area contributed by atoms with Crippen molar-refractivity contribution in [3.63, 3.8) is 0 Å². The van der Waals surface area contributed by atoms with Gasteiger partial charge >= 0.3 is 0 Å². The van der Waals surface area contributed by atoms with E-state index in [4.69, 9.17) is 0 Å². The molecule has 2 saturated heterocycles. The van der Waals surface area contributed by atoms with Crippen LogP contribution in [0.5, 0.6) is 0 Å². The zero-order valence-electron chi connectivity index (χ0n) is 15.3. The van der Waals surface area contributed by atoms with Crippen molar-refractivity contribution >= 4 is 5.78 Å². The van der Waals surface area contributed by atoms with Gasteiger partial charge in [0.2, 0.25) is 0 Å². The van der Waals surface area contributed by atoms with Crippen molar-refractivity contribution in [2.24, 2.45) is 28.6 Å². The van der Waals surface area contributed by atoms with Crippen molar-refractivity contribution in [2.75, 3.05) is 13.1 Å². The summed E-state index contributed by atoms with van der Waals surface area (Å²) in [7, 11) is 0. The van der Waals surface area contributed by atoms with Crippen LogP contribution in [0.25, 0.3) is 0 Å². The van der Waals surface area contributed by atoms with Gasteiger partial charge in [0, 0.05) is 25.4 Å². The van der Waals surface area contributed by atoms with Crippen molar-refractivity contribution in [2.45, 2.75) is 70.1 Å². The topological polar surface area (TPSA) is 60.8 Å². The largest absolute Gasteiger partial charge is 0.385 e. The van der Waals surface area contributed by atoms with Crippen molar-refractivity contribution < 1.29 is 15.0 Å². The summed E-state index contributed by atoms with van der Waals surface area (Å²) in [5.41, 5.74) is -0.515. The number of ketones is 1. The van der Waals surface area contributed by atoms with Gasteiger partial charge in [-0.3, -0.25) is 9.69 Å². The van der Waals surface area contributed by atoms with Crippen LogP contribution in [0.15, 0.2) is 11.1 Å². The molecule has 25 heavy (non-hydrogen) atoms. The summed E-state index contributed by atoms with van der Waals surface area (Å²) in [4.78, 5) is 15.4. The molecular formula is C21H29NO3. The molecule has 6 rings (SSSR count). The number of hydrogen-bond acceptors (Lipinski definition) is 4. The second-order valence-electron chi connectivity index (χ2n) is 10.3. The second-order valence-corrected chi connectivity index (χ2v) is 10.3. The third-order valence-electron chi connectivity index (χ3n) is 9.77. The molecule has 0 radical (unpaired) electrons. The molecule has 6 aliphatic rings. The number of allylic oxidation sites excluding steroid dienone is 1. The number of hydrogen-bond donors (Lipinski definition) is 2. The summed E-state index contributed by atoms with van der Waals surface area (Å²) in [6.07, 6.45) is 5.76. The zero-order chi connectivity index (χ0) is 17.4. The fraction of sp³-hybridized carbons (Fsp3) is 0.857. The molecule has 0 aromatic carbocycles. The van der Waals surface area contributed by atoms with E-state index in [0.717, 1.165) is 49.9 Å². The monoisotopic (exact) mass is 343 g/mol. The molecule has 0 aromatic heterocycles. The van der Waals surface area contributed by atoms with E-state index in [1.165, 1.54) is 0 Å². The van der Waals surface area contributed by atoms with Crippen LogP contribution in [-0.4, -0.2) is 45.3 Å². The van der Waals surface area contributed by atoms with E-state index in [1.807, 2.05) is 0 Å². The minimum Gasteiger partial charge on any atom is -0.385 e. The van der Waals surface area contributed by atoms with Gasteiger partial charge in [-0.05, 0) is 66.9 Å². The van der Waals surface area contributed by atoms with Crippen molar-refractivity contribution in [1.82, 2.24) is 4.90 Å². The maximum absolute atomic E-state index is 13.1. The van der Waals surface area contributed by atoms with Gasteiger partial charge in [-0.2, -0.15) is 0 Å². The van der Waals surface area contributed by atoms with Gasteiger partial charge in [0.1, 0.15) is 5.72 Å². The molecule has 0 aromatic rings. The van der Waals surface area contributed by atoms with E-state index in [9.17, 15) is 15.0 Å². The Balaban J connectivity index is 1.72. The standard InChI is InChI=1S/C21H29NO3/c1-12-10-22-11-13-3-7-19(24)8-4-14-16(23)9-20(17(14)19)18(13,2)6-5-15(12)21(20,22)25/h12-13,15,24-25H,3-11H2,1-2H3/t12-,13-,15-,18+,19+,20-,21-/m1/s1. The Labute approximate surface area is 149 Å². The van der Waals surface area contributed by atoms with Crippen molar-refractivity contribution in [1.29, 1.82) is 0 Å². The molecular weight excluding hydrogens is 314 g/mol. The third-order valence-corrected chi connectivity index (χ3v) is 9.77. The predicted octanol–water partition coefficient (Wildman–Crippen LogP) is 2.25. The Hall–Kier alpha value is -0.710. The highest BCUT2D eigenvalue weighted by molar-refractivity contribution is 6.02. The predicted molar refractivity (Wildman–Crippen MR) is 92.5 cm³/mol. The lowest BCUT2D eigenvalue weighted by molar-refractivity contribution is -0.294. The quantitative estimate of drug-likeness (QED) is 0.708. The number of Topliss-reactive ketones (excluding diaryl/α,β-unsaturated/α-hetero) is 1. The van der Waals surface area contributed by atoms with Crippen LogP contribution in [0.4, 0.5) is 0 Å².